The van der Waals surface area contributed by atoms with E-state index in [0.717, 1.165) is 11.2 Å². The topological polar surface area (TPSA) is 83.7 Å². The Kier molecular flexibility index (Phi) is 4.41. The minimum atomic E-state index is -0.146. The maximum atomic E-state index is 12.9. The van der Waals surface area contributed by atoms with Gasteiger partial charge in [-0.1, -0.05) is 11.6 Å². The van der Waals surface area contributed by atoms with Gasteiger partial charge in [-0.05, 0) is 30.3 Å². The molecular formula is C21H18ClN3O4. The van der Waals surface area contributed by atoms with E-state index in [1.54, 1.807) is 30.3 Å². The summed E-state index contributed by atoms with van der Waals surface area (Å²) in [5.74, 6) is 1.14. The van der Waals surface area contributed by atoms with Crippen LogP contribution in [0.15, 0.2) is 41.2 Å². The number of nitrogens with one attached hydrogen (secondary N) is 2. The van der Waals surface area contributed by atoms with E-state index >= 15 is 0 Å². The molecule has 0 spiro atoms. The Morgan fingerprint density at radius 2 is 2.03 bits per heavy atom. The average molecular weight is 412 g/mol. The van der Waals surface area contributed by atoms with Crippen molar-refractivity contribution in [3.05, 3.63) is 62.9 Å². The van der Waals surface area contributed by atoms with Crippen LogP contribution in [0.1, 0.15) is 11.3 Å². The predicted octanol–water partition coefficient (Wildman–Crippen LogP) is 2.91. The molecule has 2 aromatic carbocycles. The lowest BCUT2D eigenvalue weighted by Gasteiger charge is -2.27. The zero-order valence-electron chi connectivity index (χ0n) is 15.5. The standard InChI is InChI=1S/C21H18ClN3O4/c22-12-1-3-16-14(7-12)21(27)15-9-25(6-5-17(15)24-16)10-20(26)23-13-2-4-18-19(8-13)29-11-28-18/h1-4,7-8H,5-6,9-11H2,(H,23,26)(H,24,27). The van der Waals surface area contributed by atoms with Crippen LogP contribution in [0.4, 0.5) is 5.69 Å². The Bertz CT molecular complexity index is 1190. The van der Waals surface area contributed by atoms with Gasteiger partial charge in [0.05, 0.1) is 6.54 Å². The first-order chi connectivity index (χ1) is 14.1. The smallest absolute Gasteiger partial charge is 0.238 e. The Morgan fingerprint density at radius 1 is 1.17 bits per heavy atom. The number of ether oxygens (including phenoxy) is 2. The lowest BCUT2D eigenvalue weighted by molar-refractivity contribution is -0.117. The van der Waals surface area contributed by atoms with Crippen LogP contribution in [0.2, 0.25) is 5.02 Å². The number of carbonyl (C=O) groups excluding carboxylic acids is 1. The van der Waals surface area contributed by atoms with Gasteiger partial charge < -0.3 is 19.8 Å². The lowest BCUT2D eigenvalue weighted by Crippen LogP contribution is -2.39. The third-order valence-corrected chi connectivity index (χ3v) is 5.47. The summed E-state index contributed by atoms with van der Waals surface area (Å²) in [6, 6.07) is 10.6. The van der Waals surface area contributed by atoms with E-state index in [4.69, 9.17) is 21.1 Å². The summed E-state index contributed by atoms with van der Waals surface area (Å²) in [4.78, 5) is 30.7. The minimum absolute atomic E-state index is 0.0304. The summed E-state index contributed by atoms with van der Waals surface area (Å²) in [5, 5.41) is 3.97. The third-order valence-electron chi connectivity index (χ3n) is 5.23. The van der Waals surface area contributed by atoms with Crippen molar-refractivity contribution < 1.29 is 14.3 Å². The summed E-state index contributed by atoms with van der Waals surface area (Å²) in [5.41, 5.74) is 3.03. The summed E-state index contributed by atoms with van der Waals surface area (Å²) < 4.78 is 10.6. The van der Waals surface area contributed by atoms with Gasteiger partial charge in [0.1, 0.15) is 0 Å². The number of fused-ring (bicyclic) bond motifs is 3. The van der Waals surface area contributed by atoms with Crippen LogP contribution in [-0.4, -0.2) is 35.7 Å². The number of halogens is 1. The molecule has 5 rings (SSSR count). The molecule has 2 aliphatic rings. The number of nitrogens with zero attached hydrogens (tertiary/aromatic N) is 1. The minimum Gasteiger partial charge on any atom is -0.454 e. The van der Waals surface area contributed by atoms with Crippen LogP contribution in [0.25, 0.3) is 10.9 Å². The van der Waals surface area contributed by atoms with Gasteiger partial charge in [0.2, 0.25) is 12.7 Å². The fourth-order valence-corrected chi connectivity index (χ4v) is 3.99. The van der Waals surface area contributed by atoms with Gasteiger partial charge in [0.15, 0.2) is 16.9 Å². The first kappa shape index (κ1) is 18.0. The second-order valence-corrected chi connectivity index (χ2v) is 7.61. The molecule has 7 nitrogen and oxygen atoms in total. The molecule has 1 amide bonds. The number of H-pyrrole nitrogens is 1. The van der Waals surface area contributed by atoms with Crippen molar-refractivity contribution in [3.8, 4) is 11.5 Å². The van der Waals surface area contributed by atoms with Crippen LogP contribution < -0.4 is 20.2 Å². The van der Waals surface area contributed by atoms with Crippen LogP contribution in [0, 0.1) is 0 Å². The number of aromatic nitrogens is 1. The number of hydrogen-bond donors (Lipinski definition) is 2. The highest BCUT2D eigenvalue weighted by atomic mass is 35.5. The molecule has 0 unspecified atom stereocenters. The number of carbonyl (C=O) groups is 1. The Morgan fingerprint density at radius 3 is 2.93 bits per heavy atom. The third kappa shape index (κ3) is 3.43. The zero-order chi connectivity index (χ0) is 20.0. The monoisotopic (exact) mass is 411 g/mol. The second-order valence-electron chi connectivity index (χ2n) is 7.18. The Balaban J connectivity index is 1.31. The van der Waals surface area contributed by atoms with Crippen molar-refractivity contribution >= 4 is 34.1 Å². The molecule has 1 aromatic heterocycles. The van der Waals surface area contributed by atoms with Gasteiger partial charge in [-0.15, -0.1) is 0 Å². The number of amides is 1. The summed E-state index contributed by atoms with van der Waals surface area (Å²) >= 11 is 6.05. The summed E-state index contributed by atoms with van der Waals surface area (Å²) in [7, 11) is 0. The molecule has 0 saturated heterocycles. The first-order valence-electron chi connectivity index (χ1n) is 9.32. The number of anilines is 1. The van der Waals surface area contributed by atoms with Crippen molar-refractivity contribution in [3.63, 3.8) is 0 Å². The quantitative estimate of drug-likeness (QED) is 0.692. The molecule has 2 N–H and O–H groups in total. The highest BCUT2D eigenvalue weighted by Gasteiger charge is 2.23. The maximum Gasteiger partial charge on any atom is 0.238 e. The summed E-state index contributed by atoms with van der Waals surface area (Å²) in [6.07, 6.45) is 0.681. The van der Waals surface area contributed by atoms with E-state index in [9.17, 15) is 9.59 Å². The van der Waals surface area contributed by atoms with Crippen LogP contribution in [-0.2, 0) is 17.8 Å². The van der Waals surface area contributed by atoms with Crippen molar-refractivity contribution in [2.24, 2.45) is 0 Å². The molecule has 0 atom stereocenters. The fourth-order valence-electron chi connectivity index (χ4n) is 3.82. The van der Waals surface area contributed by atoms with Crippen molar-refractivity contribution in [1.29, 1.82) is 0 Å². The van der Waals surface area contributed by atoms with Gasteiger partial charge in [0, 0.05) is 58.4 Å². The number of rotatable bonds is 3. The SMILES string of the molecule is O=C(CN1CCc2[nH]c3ccc(Cl)cc3c(=O)c2C1)Nc1ccc2c(c1)OCO2. The lowest BCUT2D eigenvalue weighted by atomic mass is 10.0. The normalized spacial score (nSPS) is 15.3. The molecule has 3 aromatic rings. The van der Waals surface area contributed by atoms with Gasteiger partial charge >= 0.3 is 0 Å². The molecule has 2 aliphatic heterocycles. The number of pyridine rings is 1. The van der Waals surface area contributed by atoms with Crippen LogP contribution in [0.5, 0.6) is 11.5 Å². The molecule has 0 fully saturated rings. The van der Waals surface area contributed by atoms with Gasteiger partial charge in [-0.2, -0.15) is 0 Å². The van der Waals surface area contributed by atoms with Crippen molar-refractivity contribution in [2.75, 3.05) is 25.2 Å². The highest BCUT2D eigenvalue weighted by molar-refractivity contribution is 6.31. The number of benzene rings is 2. The molecule has 0 aliphatic carbocycles. The molecule has 29 heavy (non-hydrogen) atoms. The average Bonchev–Trinajstić information content (AvgIpc) is 3.17. The molecule has 148 valence electrons. The van der Waals surface area contributed by atoms with Crippen LogP contribution in [0.3, 0.4) is 0 Å². The van der Waals surface area contributed by atoms with Gasteiger partial charge in [-0.25, -0.2) is 0 Å². The van der Waals surface area contributed by atoms with E-state index < -0.39 is 0 Å². The van der Waals surface area contributed by atoms with Gasteiger partial charge in [0.25, 0.3) is 0 Å². The van der Waals surface area contributed by atoms with E-state index in [-0.39, 0.29) is 24.7 Å². The van der Waals surface area contributed by atoms with Crippen molar-refractivity contribution in [2.45, 2.75) is 13.0 Å². The van der Waals surface area contributed by atoms with Crippen LogP contribution >= 0.6 is 11.6 Å². The van der Waals surface area contributed by atoms with Crippen molar-refractivity contribution in [1.82, 2.24) is 9.88 Å². The number of aromatic amines is 1. The maximum absolute atomic E-state index is 12.9. The molecule has 8 heteroatoms. The first-order valence-corrected chi connectivity index (χ1v) is 9.70. The molecule has 0 radical (unpaired) electrons. The fraction of sp³-hybridized carbons (Fsp3) is 0.238. The van der Waals surface area contributed by atoms with E-state index in [1.807, 2.05) is 11.0 Å². The molecule has 0 saturated carbocycles. The number of hydrogen-bond acceptors (Lipinski definition) is 5. The van der Waals surface area contributed by atoms with E-state index in [0.29, 0.717) is 52.7 Å². The molecular weight excluding hydrogens is 394 g/mol. The second kappa shape index (κ2) is 7.09. The Hall–Kier alpha value is -3.03. The predicted molar refractivity (Wildman–Crippen MR) is 110 cm³/mol. The largest absolute Gasteiger partial charge is 0.454 e. The zero-order valence-corrected chi connectivity index (χ0v) is 16.2. The molecule has 0 bridgehead atoms. The van der Waals surface area contributed by atoms with E-state index in [2.05, 4.69) is 10.3 Å². The molecule has 3 heterocycles. The Labute approximate surface area is 171 Å². The van der Waals surface area contributed by atoms with Gasteiger partial charge in [-0.3, -0.25) is 14.5 Å². The summed E-state index contributed by atoms with van der Waals surface area (Å²) in [6.45, 7) is 1.49. The highest BCUT2D eigenvalue weighted by Crippen LogP contribution is 2.34. The van der Waals surface area contributed by atoms with E-state index in [1.165, 1.54) is 0 Å².